The van der Waals surface area contributed by atoms with Gasteiger partial charge in [-0.1, -0.05) is 48.5 Å². The van der Waals surface area contributed by atoms with Crippen LogP contribution in [0.1, 0.15) is 31.8 Å². The molecule has 3 N–H and O–H groups in total. The highest BCUT2D eigenvalue weighted by atomic mass is 16.5. The molecule has 4 rings (SSSR count). The molecule has 8 nitrogen and oxygen atoms in total. The molecule has 0 bridgehead atoms. The molecule has 4 aromatic carbocycles. The summed E-state index contributed by atoms with van der Waals surface area (Å²) in [5.41, 5.74) is 1.29. The molecule has 0 aliphatic rings. The molecule has 0 aliphatic heterocycles. The number of para-hydroxylation sites is 1. The summed E-state index contributed by atoms with van der Waals surface area (Å²) >= 11 is 0. The second-order valence-electron chi connectivity index (χ2n) is 8.06. The first-order valence-corrected chi connectivity index (χ1v) is 11.7. The van der Waals surface area contributed by atoms with Crippen LogP contribution in [0.25, 0.3) is 6.08 Å². The van der Waals surface area contributed by atoms with Gasteiger partial charge in [-0.15, -0.1) is 0 Å². The van der Waals surface area contributed by atoms with Crippen LogP contribution in [-0.2, 0) is 0 Å². The molecule has 0 aliphatic carbocycles. The number of allylic oxidation sites excluding steroid dienone is 1. The summed E-state index contributed by atoms with van der Waals surface area (Å²) in [6, 6.07) is 23.0. The maximum atomic E-state index is 12.3. The number of benzene rings is 4. The zero-order valence-electron chi connectivity index (χ0n) is 21.6. The molecule has 0 atom stereocenters. The van der Waals surface area contributed by atoms with Crippen molar-refractivity contribution in [2.24, 2.45) is 0 Å². The van der Waals surface area contributed by atoms with Crippen molar-refractivity contribution in [3.63, 3.8) is 0 Å². The van der Waals surface area contributed by atoms with E-state index in [1.807, 2.05) is 30.3 Å². The average Bonchev–Trinajstić information content (AvgIpc) is 2.96. The Kier molecular flexibility index (Phi) is 9.70. The van der Waals surface area contributed by atoms with Gasteiger partial charge in [0, 0.05) is 18.2 Å². The Hall–Kier alpha value is -5.24. The molecule has 4 aromatic rings. The van der Waals surface area contributed by atoms with Crippen molar-refractivity contribution in [1.29, 1.82) is 0 Å². The van der Waals surface area contributed by atoms with Gasteiger partial charge in [0.15, 0.2) is 11.6 Å². The molecule has 0 saturated heterocycles. The average molecular weight is 529 g/mol. The van der Waals surface area contributed by atoms with Gasteiger partial charge in [0.05, 0.1) is 32.5 Å². The minimum Gasteiger partial charge on any atom is -0.507 e. The maximum Gasteiger partial charge on any atom is 0.200 e. The van der Waals surface area contributed by atoms with Crippen LogP contribution < -0.4 is 14.2 Å². The van der Waals surface area contributed by atoms with E-state index >= 15 is 0 Å². The molecule has 0 spiro atoms. The van der Waals surface area contributed by atoms with Crippen molar-refractivity contribution in [2.45, 2.75) is 0 Å². The van der Waals surface area contributed by atoms with E-state index in [9.17, 15) is 24.9 Å². The highest BCUT2D eigenvalue weighted by Gasteiger charge is 2.18. The number of carbonyl (C=O) groups excluding carboxylic acids is 2. The topological polar surface area (TPSA) is 123 Å². The first-order valence-electron chi connectivity index (χ1n) is 11.7. The number of aromatic hydroxyl groups is 3. The molecule has 39 heavy (non-hydrogen) atoms. The van der Waals surface area contributed by atoms with E-state index in [1.54, 1.807) is 30.3 Å². The number of phenolic OH excluding ortho intramolecular Hbond substituents is 3. The first-order chi connectivity index (χ1) is 18.8. The van der Waals surface area contributed by atoms with Crippen LogP contribution in [0.4, 0.5) is 0 Å². The maximum absolute atomic E-state index is 12.3. The van der Waals surface area contributed by atoms with Crippen LogP contribution in [0.15, 0.2) is 91.0 Å². The monoisotopic (exact) mass is 528 g/mol. The largest absolute Gasteiger partial charge is 0.507 e. The normalized spacial score (nSPS) is 10.3. The molecule has 200 valence electrons. The second kappa shape index (κ2) is 13.3. The molecule has 0 radical (unpaired) electrons. The zero-order valence-corrected chi connectivity index (χ0v) is 21.6. The Bertz CT molecular complexity index is 1480. The third-order valence-electron chi connectivity index (χ3n) is 5.58. The molecule has 0 unspecified atom stereocenters. The Morgan fingerprint density at radius 3 is 1.87 bits per heavy atom. The lowest BCUT2D eigenvalue weighted by Gasteiger charge is -2.10. The van der Waals surface area contributed by atoms with Crippen LogP contribution in [0.2, 0.25) is 0 Å². The van der Waals surface area contributed by atoms with Crippen molar-refractivity contribution in [3.8, 4) is 34.5 Å². The van der Waals surface area contributed by atoms with Gasteiger partial charge in [-0.25, -0.2) is 0 Å². The van der Waals surface area contributed by atoms with E-state index in [4.69, 9.17) is 14.2 Å². The Labute approximate surface area is 226 Å². The summed E-state index contributed by atoms with van der Waals surface area (Å²) < 4.78 is 15.1. The number of phenols is 3. The lowest BCUT2D eigenvalue weighted by Crippen LogP contribution is -2.02. The molecule has 0 amide bonds. The predicted molar refractivity (Wildman–Crippen MR) is 147 cm³/mol. The SMILES string of the molecule is COc1cc(O)c(C(=O)C=Cc2ccccc2)c(OC)c1.COc1ccc(C(=O)c2ccccc2O)c(O)c1. The number of ketones is 2. The summed E-state index contributed by atoms with van der Waals surface area (Å²) in [5, 5.41) is 29.4. The number of carbonyl (C=O) groups is 2. The molecule has 0 fully saturated rings. The summed E-state index contributed by atoms with van der Waals surface area (Å²) in [6.07, 6.45) is 3.09. The lowest BCUT2D eigenvalue weighted by molar-refractivity contribution is 0.102. The summed E-state index contributed by atoms with van der Waals surface area (Å²) in [4.78, 5) is 24.4. The van der Waals surface area contributed by atoms with Crippen molar-refractivity contribution in [1.82, 2.24) is 0 Å². The second-order valence-corrected chi connectivity index (χ2v) is 8.06. The number of rotatable bonds is 8. The quantitative estimate of drug-likeness (QED) is 0.198. The van der Waals surface area contributed by atoms with Crippen molar-refractivity contribution >= 4 is 17.6 Å². The van der Waals surface area contributed by atoms with Crippen molar-refractivity contribution in [3.05, 3.63) is 113 Å². The summed E-state index contributed by atoms with van der Waals surface area (Å²) in [7, 11) is 4.39. The van der Waals surface area contributed by atoms with Crippen LogP contribution >= 0.6 is 0 Å². The van der Waals surface area contributed by atoms with Crippen LogP contribution in [-0.4, -0.2) is 48.2 Å². The smallest absolute Gasteiger partial charge is 0.200 e. The fourth-order valence-electron chi connectivity index (χ4n) is 3.56. The standard InChI is InChI=1S/C17H16O4.C14H12O4/c1-20-13-10-15(19)17(16(11-13)21-2)14(18)9-8-12-6-4-3-5-7-12;1-18-9-6-7-11(13(16)8-9)14(17)10-4-2-3-5-12(10)15/h3-11,19H,1-2H3;2-8,15-16H,1H3. The van der Waals surface area contributed by atoms with E-state index in [1.165, 1.54) is 57.7 Å². The highest BCUT2D eigenvalue weighted by Crippen LogP contribution is 2.34. The molecule has 0 heterocycles. The number of methoxy groups -OCH3 is 3. The van der Waals surface area contributed by atoms with E-state index in [-0.39, 0.29) is 45.5 Å². The van der Waals surface area contributed by atoms with Gasteiger partial charge in [-0.3, -0.25) is 9.59 Å². The number of hydrogen-bond acceptors (Lipinski definition) is 8. The fraction of sp³-hybridized carbons (Fsp3) is 0.0968. The Balaban J connectivity index is 0.000000218. The van der Waals surface area contributed by atoms with Gasteiger partial charge in [0.25, 0.3) is 0 Å². The molecular formula is C31H28O8. The van der Waals surface area contributed by atoms with Gasteiger partial charge in [0.2, 0.25) is 0 Å². The minimum absolute atomic E-state index is 0.113. The fourth-order valence-corrected chi connectivity index (χ4v) is 3.56. The molecular weight excluding hydrogens is 500 g/mol. The molecule has 0 saturated carbocycles. The minimum atomic E-state index is -0.437. The van der Waals surface area contributed by atoms with Crippen LogP contribution in [0.5, 0.6) is 34.5 Å². The summed E-state index contributed by atoms with van der Waals surface area (Å²) in [6.45, 7) is 0. The molecule has 0 aromatic heterocycles. The number of hydrogen-bond donors (Lipinski definition) is 3. The first kappa shape index (κ1) is 28.3. The Morgan fingerprint density at radius 2 is 1.26 bits per heavy atom. The zero-order chi connectivity index (χ0) is 28.4. The summed E-state index contributed by atoms with van der Waals surface area (Å²) in [5.74, 6) is -0.0813. The van der Waals surface area contributed by atoms with Gasteiger partial charge >= 0.3 is 0 Å². The van der Waals surface area contributed by atoms with Crippen LogP contribution in [0.3, 0.4) is 0 Å². The van der Waals surface area contributed by atoms with Gasteiger partial charge in [-0.05, 0) is 35.9 Å². The highest BCUT2D eigenvalue weighted by molar-refractivity contribution is 6.12. The van der Waals surface area contributed by atoms with E-state index in [2.05, 4.69) is 0 Å². The van der Waals surface area contributed by atoms with Crippen LogP contribution in [0, 0.1) is 0 Å². The van der Waals surface area contributed by atoms with Crippen molar-refractivity contribution < 1.29 is 39.1 Å². The third kappa shape index (κ3) is 7.17. The van der Waals surface area contributed by atoms with Crippen molar-refractivity contribution in [2.75, 3.05) is 21.3 Å². The van der Waals surface area contributed by atoms with Gasteiger partial charge in [0.1, 0.15) is 40.1 Å². The Morgan fingerprint density at radius 1 is 0.641 bits per heavy atom. The lowest BCUT2D eigenvalue weighted by atomic mass is 10.0. The van der Waals surface area contributed by atoms with Gasteiger partial charge in [-0.2, -0.15) is 0 Å². The van der Waals surface area contributed by atoms with E-state index in [0.717, 1.165) is 5.56 Å². The molecule has 8 heteroatoms. The third-order valence-corrected chi connectivity index (χ3v) is 5.58. The van der Waals surface area contributed by atoms with E-state index < -0.39 is 5.78 Å². The number of ether oxygens (including phenoxy) is 3. The van der Waals surface area contributed by atoms with E-state index in [0.29, 0.717) is 11.5 Å². The van der Waals surface area contributed by atoms with Gasteiger partial charge < -0.3 is 29.5 Å². The predicted octanol–water partition coefficient (Wildman–Crippen LogP) is 5.64.